The van der Waals surface area contributed by atoms with Crippen LogP contribution in [0.2, 0.25) is 0 Å². The Kier molecular flexibility index (Phi) is 14.6. The second-order valence-corrected chi connectivity index (χ2v) is 22.9. The Morgan fingerprint density at radius 3 is 0.744 bits per heavy atom. The summed E-state index contributed by atoms with van der Waals surface area (Å²) in [5, 5.41) is 6.31. The molecule has 82 heavy (non-hydrogen) atoms. The maximum absolute atomic E-state index is 2.50. The third-order valence-electron chi connectivity index (χ3n) is 15.3. The van der Waals surface area contributed by atoms with Gasteiger partial charge in [0.1, 0.15) is 0 Å². The zero-order chi connectivity index (χ0) is 55.2. The first-order chi connectivity index (χ1) is 40.5. The van der Waals surface area contributed by atoms with Crippen molar-refractivity contribution in [1.82, 2.24) is 0 Å². The molecule has 0 fully saturated rings. The van der Waals surface area contributed by atoms with Crippen molar-refractivity contribution in [1.29, 1.82) is 0 Å². The molecule has 0 aromatic heterocycles. The van der Waals surface area contributed by atoms with Gasteiger partial charge in [-0.25, -0.2) is 0 Å². The minimum atomic E-state index is -1.29. The summed E-state index contributed by atoms with van der Waals surface area (Å²) in [6, 6.07) is 120. The van der Waals surface area contributed by atoms with Crippen LogP contribution < -0.4 is 30.6 Å². The predicted molar refractivity (Wildman–Crippen MR) is 352 cm³/mol. The van der Waals surface area contributed by atoms with E-state index in [-0.39, 0.29) is 0 Å². The lowest BCUT2D eigenvalue weighted by Crippen LogP contribution is -2.25. The van der Waals surface area contributed by atoms with Gasteiger partial charge in [0, 0.05) is 51.2 Å². The van der Waals surface area contributed by atoms with Gasteiger partial charge >= 0.3 is 0 Å². The van der Waals surface area contributed by atoms with Crippen molar-refractivity contribution in [3.05, 3.63) is 339 Å². The molecule has 0 saturated heterocycles. The van der Waals surface area contributed by atoms with Crippen molar-refractivity contribution in [3.63, 3.8) is 0 Å². The summed E-state index contributed by atoms with van der Waals surface area (Å²) in [6.45, 7) is 4.45. The number of benzene rings is 13. The molecule has 0 saturated carbocycles. The predicted octanol–water partition coefficient (Wildman–Crippen LogP) is 20.6. The van der Waals surface area contributed by atoms with Crippen LogP contribution in [0.1, 0.15) is 11.1 Å². The van der Waals surface area contributed by atoms with Crippen molar-refractivity contribution >= 4 is 85.8 Å². The van der Waals surface area contributed by atoms with Crippen LogP contribution in [0.3, 0.4) is 0 Å². The van der Waals surface area contributed by atoms with Gasteiger partial charge < -0.3 is 14.7 Å². The number of hydrogen-bond acceptors (Lipinski definition) is 3. The van der Waals surface area contributed by atoms with Crippen molar-refractivity contribution in [2.75, 3.05) is 14.7 Å². The van der Waals surface area contributed by atoms with Gasteiger partial charge in [-0.2, -0.15) is 0 Å². The lowest BCUT2D eigenvalue weighted by atomic mass is 10.0. The Balaban J connectivity index is 1.01. The standard InChI is InChI=1S/C78H60N3P/c1-57-37-51-76(73(53-57)59-39-45-70(46-40-59)79(64-25-9-3-10-26-64)65-27-11-4-12-28-65)82(77-52-38-58(2)54-74(77)60-41-47-71(48-42-60)80(66-29-13-5-14-30-66)67-31-15-6-16-32-67)78-56-63-24-22-21-23-62(63)55-75(78)61-43-49-72(50-44-61)81(68-33-17-7-18-34-68)69-35-19-8-20-36-69/h3-56H,1-2H3. The van der Waals surface area contributed by atoms with E-state index in [1.165, 1.54) is 65.6 Å². The van der Waals surface area contributed by atoms with Gasteiger partial charge in [-0.3, -0.25) is 0 Å². The summed E-state index contributed by atoms with van der Waals surface area (Å²) in [5.41, 5.74) is 19.5. The second-order valence-electron chi connectivity index (χ2n) is 20.8. The third-order valence-corrected chi connectivity index (χ3v) is 17.9. The summed E-state index contributed by atoms with van der Waals surface area (Å²) in [6.07, 6.45) is 0. The molecule has 0 aliphatic rings. The van der Waals surface area contributed by atoms with Gasteiger partial charge in [0.25, 0.3) is 0 Å². The van der Waals surface area contributed by atoms with Gasteiger partial charge in [0.2, 0.25) is 0 Å². The number of fused-ring (bicyclic) bond motifs is 1. The number of para-hydroxylation sites is 6. The molecule has 13 aromatic carbocycles. The number of anilines is 9. The summed E-state index contributed by atoms with van der Waals surface area (Å²) < 4.78 is 0. The molecule has 0 bridgehead atoms. The SMILES string of the molecule is Cc1ccc(P(c2ccc(C)cc2-c2ccc(N(c3ccccc3)c3ccccc3)cc2)c2cc3ccccc3cc2-c2ccc(N(c3ccccc3)c3ccccc3)cc2)c(-c2ccc(N(c3ccccc3)c3ccccc3)cc2)c1. The van der Waals surface area contributed by atoms with E-state index in [2.05, 4.69) is 356 Å². The first-order valence-corrected chi connectivity index (χ1v) is 29.4. The average molecular weight is 1070 g/mol. The van der Waals surface area contributed by atoms with Crippen LogP contribution in [0.4, 0.5) is 51.2 Å². The lowest BCUT2D eigenvalue weighted by Gasteiger charge is -2.29. The molecule has 0 amide bonds. The molecule has 0 unspecified atom stereocenters. The van der Waals surface area contributed by atoms with Crippen LogP contribution in [-0.4, -0.2) is 0 Å². The Morgan fingerprint density at radius 1 is 0.207 bits per heavy atom. The van der Waals surface area contributed by atoms with Gasteiger partial charge in [-0.05, 0) is 203 Å². The average Bonchev–Trinajstić information content (AvgIpc) is 3.59. The van der Waals surface area contributed by atoms with Crippen LogP contribution in [0.15, 0.2) is 328 Å². The second kappa shape index (κ2) is 23.3. The Labute approximate surface area is 483 Å². The minimum absolute atomic E-state index is 1.09. The highest BCUT2D eigenvalue weighted by atomic mass is 31.1. The number of rotatable bonds is 15. The first kappa shape index (κ1) is 51.4. The largest absolute Gasteiger partial charge is 0.311 e. The fraction of sp³-hybridized carbons (Fsp3) is 0.0256. The molecule has 0 aliphatic carbocycles. The third kappa shape index (κ3) is 10.6. The molecule has 392 valence electrons. The highest BCUT2D eigenvalue weighted by molar-refractivity contribution is 7.80. The monoisotopic (exact) mass is 1070 g/mol. The van der Waals surface area contributed by atoms with E-state index in [1.807, 2.05) is 0 Å². The zero-order valence-electron chi connectivity index (χ0n) is 46.0. The Morgan fingerprint density at radius 2 is 0.451 bits per heavy atom. The summed E-state index contributed by atoms with van der Waals surface area (Å²) >= 11 is 0. The van der Waals surface area contributed by atoms with Gasteiger partial charge in [0.15, 0.2) is 0 Å². The van der Waals surface area contributed by atoms with Crippen molar-refractivity contribution in [3.8, 4) is 33.4 Å². The molecule has 0 atom stereocenters. The molecule has 13 aromatic rings. The van der Waals surface area contributed by atoms with Crippen LogP contribution in [0.5, 0.6) is 0 Å². The molecular weight excluding hydrogens is 1010 g/mol. The Bertz CT molecular complexity index is 3960. The van der Waals surface area contributed by atoms with Gasteiger partial charge in [-0.15, -0.1) is 0 Å². The zero-order valence-corrected chi connectivity index (χ0v) is 46.9. The number of aryl methyl sites for hydroxylation is 2. The maximum atomic E-state index is 2.50. The van der Waals surface area contributed by atoms with E-state index in [4.69, 9.17) is 0 Å². The van der Waals surface area contributed by atoms with E-state index < -0.39 is 7.92 Å². The molecule has 3 nitrogen and oxygen atoms in total. The van der Waals surface area contributed by atoms with Crippen LogP contribution in [0.25, 0.3) is 44.2 Å². The highest BCUT2D eigenvalue weighted by Crippen LogP contribution is 2.47. The van der Waals surface area contributed by atoms with Crippen LogP contribution >= 0.6 is 7.92 Å². The van der Waals surface area contributed by atoms with Crippen molar-refractivity contribution < 1.29 is 0 Å². The fourth-order valence-electron chi connectivity index (χ4n) is 11.4. The molecule has 0 heterocycles. The molecule has 4 heteroatoms. The van der Waals surface area contributed by atoms with Gasteiger partial charge in [0.05, 0.1) is 0 Å². The van der Waals surface area contributed by atoms with E-state index in [0.29, 0.717) is 0 Å². The minimum Gasteiger partial charge on any atom is -0.311 e. The van der Waals surface area contributed by atoms with E-state index in [9.17, 15) is 0 Å². The highest BCUT2D eigenvalue weighted by Gasteiger charge is 2.28. The number of nitrogens with zero attached hydrogens (tertiary/aromatic N) is 3. The van der Waals surface area contributed by atoms with Crippen LogP contribution in [-0.2, 0) is 0 Å². The van der Waals surface area contributed by atoms with Crippen molar-refractivity contribution in [2.45, 2.75) is 13.8 Å². The molecule has 0 aliphatic heterocycles. The number of hydrogen-bond donors (Lipinski definition) is 0. The molecule has 13 rings (SSSR count). The normalized spacial score (nSPS) is 11.2. The molecule has 0 spiro atoms. The fourth-order valence-corrected chi connectivity index (χ4v) is 14.2. The summed E-state index contributed by atoms with van der Waals surface area (Å²) in [5.74, 6) is 0. The quantitative estimate of drug-likeness (QED) is 0.0948. The smallest absolute Gasteiger partial charge is 0.0462 e. The lowest BCUT2D eigenvalue weighted by molar-refractivity contribution is 1.28. The Hall–Kier alpha value is -10.1. The topological polar surface area (TPSA) is 9.72 Å². The maximum Gasteiger partial charge on any atom is 0.0462 e. The van der Waals surface area contributed by atoms with E-state index in [0.717, 1.165) is 56.7 Å². The molecule has 0 N–H and O–H groups in total. The molecular formula is C78H60N3P. The van der Waals surface area contributed by atoms with E-state index >= 15 is 0 Å². The van der Waals surface area contributed by atoms with Crippen LogP contribution in [0, 0.1) is 13.8 Å². The summed E-state index contributed by atoms with van der Waals surface area (Å²) in [4.78, 5) is 7.01. The van der Waals surface area contributed by atoms with Crippen molar-refractivity contribution in [2.24, 2.45) is 0 Å². The molecule has 0 radical (unpaired) electrons. The van der Waals surface area contributed by atoms with Gasteiger partial charge in [-0.1, -0.05) is 217 Å². The summed E-state index contributed by atoms with van der Waals surface area (Å²) in [7, 11) is -1.29. The van der Waals surface area contributed by atoms with E-state index in [1.54, 1.807) is 0 Å². The first-order valence-electron chi connectivity index (χ1n) is 28.1.